The monoisotopic (exact) mass is 405 g/mol. The number of aromatic carboxylic acids is 1. The van der Waals surface area contributed by atoms with Crippen LogP contribution < -0.4 is 9.64 Å². The zero-order chi connectivity index (χ0) is 21.1. The van der Waals surface area contributed by atoms with Crippen LogP contribution in [0.1, 0.15) is 10.4 Å². The number of anilines is 1. The van der Waals surface area contributed by atoms with E-state index in [1.807, 2.05) is 0 Å². The second-order valence-corrected chi connectivity index (χ2v) is 5.22. The van der Waals surface area contributed by atoms with Crippen LogP contribution in [0.15, 0.2) is 29.5 Å². The first-order valence-electron chi connectivity index (χ1n) is 7.47. The molecule has 9 nitrogen and oxygen atoms in total. The third-order valence-electron chi connectivity index (χ3n) is 3.56. The number of carboxylic acids is 1. The van der Waals surface area contributed by atoms with Gasteiger partial charge in [0.15, 0.2) is 5.75 Å². The van der Waals surface area contributed by atoms with E-state index in [1.165, 1.54) is 0 Å². The minimum absolute atomic E-state index is 0.362. The number of nitrogens with zero attached hydrogens (tertiary/aromatic N) is 1. The maximum atomic E-state index is 12.8. The van der Waals surface area contributed by atoms with Crippen molar-refractivity contribution in [2.75, 3.05) is 32.5 Å². The number of carbonyl (C=O) groups is 3. The molecule has 0 spiro atoms. The van der Waals surface area contributed by atoms with E-state index < -0.39 is 60.3 Å². The van der Waals surface area contributed by atoms with Crippen LogP contribution in [-0.4, -0.2) is 56.9 Å². The summed E-state index contributed by atoms with van der Waals surface area (Å²) in [5.74, 6) is -4.63. The minimum Gasteiger partial charge on any atom is -0.478 e. The highest BCUT2D eigenvalue weighted by Crippen LogP contribution is 2.39. The molecule has 152 valence electrons. The smallest absolute Gasteiger partial charge is 0.478 e. The van der Waals surface area contributed by atoms with Crippen molar-refractivity contribution in [3.8, 4) is 5.75 Å². The van der Waals surface area contributed by atoms with Gasteiger partial charge in [0.2, 0.25) is 0 Å². The van der Waals surface area contributed by atoms with E-state index in [1.54, 1.807) is 0 Å². The highest BCUT2D eigenvalue weighted by molar-refractivity contribution is 6.06. The third kappa shape index (κ3) is 4.34. The number of hydrogen-bond acceptors (Lipinski definition) is 8. The van der Waals surface area contributed by atoms with Gasteiger partial charge in [-0.15, -0.1) is 13.2 Å². The summed E-state index contributed by atoms with van der Waals surface area (Å²) in [6.07, 6.45) is -5.15. The predicted molar refractivity (Wildman–Crippen MR) is 84.4 cm³/mol. The molecule has 1 N–H and O–H groups in total. The lowest BCUT2D eigenvalue weighted by Crippen LogP contribution is -2.40. The summed E-state index contributed by atoms with van der Waals surface area (Å²) in [5, 5.41) is 9.39. The summed E-state index contributed by atoms with van der Waals surface area (Å²) in [4.78, 5) is 36.6. The molecule has 2 rings (SSSR count). The number of ether oxygens (including phenoxy) is 4. The zero-order valence-corrected chi connectivity index (χ0v) is 14.5. The summed E-state index contributed by atoms with van der Waals surface area (Å²) < 4.78 is 56.6. The molecule has 1 aromatic rings. The molecule has 0 aromatic heterocycles. The SMILES string of the molecule is COC(=O)C1=C(C(=O)OC)N(c2c(OC(F)(F)F)cccc2C(=O)O)COC1. The Kier molecular flexibility index (Phi) is 6.13. The average Bonchev–Trinajstić information content (AvgIpc) is 2.64. The minimum atomic E-state index is -5.15. The molecule has 12 heteroatoms. The Bertz CT molecular complexity index is 834. The first-order valence-corrected chi connectivity index (χ1v) is 7.47. The van der Waals surface area contributed by atoms with Crippen LogP contribution >= 0.6 is 0 Å². The van der Waals surface area contributed by atoms with Gasteiger partial charge in [0.05, 0.1) is 32.0 Å². The van der Waals surface area contributed by atoms with Crippen LogP contribution in [0.4, 0.5) is 18.9 Å². The van der Waals surface area contributed by atoms with Gasteiger partial charge in [-0.2, -0.15) is 0 Å². The van der Waals surface area contributed by atoms with Crippen molar-refractivity contribution < 1.29 is 51.6 Å². The average molecular weight is 405 g/mol. The van der Waals surface area contributed by atoms with Gasteiger partial charge in [-0.1, -0.05) is 6.07 Å². The van der Waals surface area contributed by atoms with Crippen LogP contribution in [0.2, 0.25) is 0 Å². The van der Waals surface area contributed by atoms with Gasteiger partial charge in [-0.25, -0.2) is 14.4 Å². The Morgan fingerprint density at radius 1 is 1.14 bits per heavy atom. The summed E-state index contributed by atoms with van der Waals surface area (Å²) in [6, 6.07) is 2.89. The maximum absolute atomic E-state index is 12.8. The molecule has 1 heterocycles. The van der Waals surface area contributed by atoms with E-state index >= 15 is 0 Å². The maximum Gasteiger partial charge on any atom is 0.573 e. The molecule has 0 unspecified atom stereocenters. The number of carbonyl (C=O) groups excluding carboxylic acids is 2. The van der Waals surface area contributed by atoms with E-state index in [-0.39, 0.29) is 5.57 Å². The van der Waals surface area contributed by atoms with Gasteiger partial charge < -0.3 is 29.0 Å². The lowest BCUT2D eigenvalue weighted by Gasteiger charge is -2.33. The Hall–Kier alpha value is -3.28. The van der Waals surface area contributed by atoms with Crippen molar-refractivity contribution in [1.29, 1.82) is 0 Å². The number of rotatable bonds is 5. The Morgan fingerprint density at radius 3 is 2.32 bits per heavy atom. The molecule has 0 atom stereocenters. The predicted octanol–water partition coefficient (Wildman–Crippen LogP) is 1.68. The molecule has 1 aliphatic heterocycles. The first-order chi connectivity index (χ1) is 13.1. The Labute approximate surface area is 155 Å². The standard InChI is InChI=1S/C16H14F3NO8/c1-25-14(23)9-6-27-7-20(12(9)15(24)26-2)11-8(13(21)22)4-3-5-10(11)28-16(17,18)19/h3-5H,6-7H2,1-2H3,(H,21,22). The second kappa shape index (κ2) is 8.17. The van der Waals surface area contributed by atoms with Crippen molar-refractivity contribution in [3.63, 3.8) is 0 Å². The molecule has 0 saturated heterocycles. The molecular weight excluding hydrogens is 391 g/mol. The molecule has 0 fully saturated rings. The number of esters is 2. The molecule has 0 saturated carbocycles. The van der Waals surface area contributed by atoms with E-state index in [0.29, 0.717) is 0 Å². The molecule has 0 radical (unpaired) electrons. The highest BCUT2D eigenvalue weighted by Gasteiger charge is 2.38. The number of carboxylic acid groups (broad SMARTS) is 1. The quantitative estimate of drug-likeness (QED) is 0.731. The summed E-state index contributed by atoms with van der Waals surface area (Å²) in [5.41, 5.74) is -2.16. The molecule has 0 aliphatic carbocycles. The number of benzene rings is 1. The van der Waals surface area contributed by atoms with Crippen LogP contribution in [0.25, 0.3) is 0 Å². The summed E-state index contributed by atoms with van der Waals surface area (Å²) in [7, 11) is 2.00. The first kappa shape index (κ1) is 21.0. The van der Waals surface area contributed by atoms with Crippen LogP contribution in [0, 0.1) is 0 Å². The number of hydrogen-bond donors (Lipinski definition) is 1. The summed E-state index contributed by atoms with van der Waals surface area (Å²) >= 11 is 0. The zero-order valence-electron chi connectivity index (χ0n) is 14.5. The van der Waals surface area contributed by atoms with Gasteiger partial charge >= 0.3 is 24.3 Å². The number of para-hydroxylation sites is 1. The van der Waals surface area contributed by atoms with Crippen LogP contribution in [0.5, 0.6) is 5.75 Å². The van der Waals surface area contributed by atoms with Gasteiger partial charge in [-0.3, -0.25) is 0 Å². The van der Waals surface area contributed by atoms with Crippen molar-refractivity contribution in [2.24, 2.45) is 0 Å². The van der Waals surface area contributed by atoms with E-state index in [4.69, 9.17) is 4.74 Å². The molecule has 1 aromatic carbocycles. The normalized spacial score (nSPS) is 14.5. The van der Waals surface area contributed by atoms with Crippen molar-refractivity contribution in [1.82, 2.24) is 0 Å². The highest BCUT2D eigenvalue weighted by atomic mass is 19.4. The number of methoxy groups -OCH3 is 2. The molecule has 0 bridgehead atoms. The molecule has 28 heavy (non-hydrogen) atoms. The van der Waals surface area contributed by atoms with Gasteiger partial charge in [0.1, 0.15) is 18.1 Å². The summed E-state index contributed by atoms with van der Waals surface area (Å²) in [6.45, 7) is -0.957. The fourth-order valence-corrected chi connectivity index (χ4v) is 2.50. The van der Waals surface area contributed by atoms with Crippen molar-refractivity contribution >= 4 is 23.6 Å². The topological polar surface area (TPSA) is 112 Å². The lowest BCUT2D eigenvalue weighted by molar-refractivity contribution is -0.274. The largest absolute Gasteiger partial charge is 0.573 e. The van der Waals surface area contributed by atoms with E-state index in [2.05, 4.69) is 14.2 Å². The van der Waals surface area contributed by atoms with Gasteiger partial charge in [-0.05, 0) is 12.1 Å². The van der Waals surface area contributed by atoms with E-state index in [9.17, 15) is 32.7 Å². The number of halogens is 3. The van der Waals surface area contributed by atoms with Crippen LogP contribution in [-0.2, 0) is 23.8 Å². The van der Waals surface area contributed by atoms with Crippen molar-refractivity contribution in [3.05, 3.63) is 35.0 Å². The van der Waals surface area contributed by atoms with Crippen LogP contribution in [0.3, 0.4) is 0 Å². The number of alkyl halides is 3. The third-order valence-corrected chi connectivity index (χ3v) is 3.56. The van der Waals surface area contributed by atoms with Gasteiger partial charge in [0, 0.05) is 0 Å². The lowest BCUT2D eigenvalue weighted by atomic mass is 10.1. The molecule has 0 amide bonds. The molecule has 1 aliphatic rings. The molecular formula is C16H14F3NO8. The fourth-order valence-electron chi connectivity index (χ4n) is 2.50. The van der Waals surface area contributed by atoms with Crippen molar-refractivity contribution in [2.45, 2.75) is 6.36 Å². The Balaban J connectivity index is 2.77. The van der Waals surface area contributed by atoms with E-state index in [0.717, 1.165) is 37.3 Å². The second-order valence-electron chi connectivity index (χ2n) is 5.22. The van der Waals surface area contributed by atoms with Gasteiger partial charge in [0.25, 0.3) is 0 Å². The fraction of sp³-hybridized carbons (Fsp3) is 0.312. The Morgan fingerprint density at radius 2 is 1.79 bits per heavy atom.